The average Bonchev–Trinajstić information content (AvgIpc) is 2.49. The molecular weight excluding hydrogens is 274 g/mol. The number of likely N-dealkylation sites (tertiary alicyclic amines) is 1. The Kier molecular flexibility index (Phi) is 6.04. The monoisotopic (exact) mass is 298 g/mol. The van der Waals surface area contributed by atoms with Crippen molar-refractivity contribution in [2.24, 2.45) is 0 Å². The number of amides is 1. The fourth-order valence-corrected chi connectivity index (χ4v) is 2.43. The minimum absolute atomic E-state index is 0.305. The van der Waals surface area contributed by atoms with E-state index in [0.717, 1.165) is 12.8 Å². The molecule has 6 heteroatoms. The van der Waals surface area contributed by atoms with E-state index in [1.54, 1.807) is 6.92 Å². The van der Waals surface area contributed by atoms with Crippen LogP contribution >= 0.6 is 0 Å². The average molecular weight is 298 g/mol. The topological polar surface area (TPSA) is 55.8 Å². The molecule has 0 spiro atoms. The largest absolute Gasteiger partial charge is 0.464 e. The maximum Gasteiger partial charge on any atom is 0.411 e. The summed E-state index contributed by atoms with van der Waals surface area (Å²) in [6, 6.07) is -0.550. The normalized spacial score (nSPS) is 23.9. The number of carbonyl (C=O) groups excluding carboxylic acids is 2. The number of ether oxygens (including phenoxy) is 2. The van der Waals surface area contributed by atoms with Crippen LogP contribution in [0.3, 0.4) is 0 Å². The van der Waals surface area contributed by atoms with Gasteiger partial charge in [-0.05, 0) is 40.5 Å². The molecule has 0 aromatic rings. The molecule has 1 aliphatic rings. The van der Waals surface area contributed by atoms with Gasteiger partial charge < -0.3 is 9.47 Å². The smallest absolute Gasteiger partial charge is 0.411 e. The molecule has 1 amide bonds. The fraction of sp³-hybridized carbons (Fsp3) is 0.857. The van der Waals surface area contributed by atoms with Crippen LogP contribution in [0.25, 0.3) is 0 Å². The molecule has 5 nitrogen and oxygen atoms in total. The summed E-state index contributed by atoms with van der Waals surface area (Å²) in [6.07, 6.45) is 1.77. The zero-order valence-electron chi connectivity index (χ0n) is 12.8. The lowest BCUT2D eigenvalue weighted by Gasteiger charge is -2.30. The number of nitrogens with zero attached hydrogens (tertiary/aromatic N) is 1. The SMILES string of the molecule is CCOC(=O)[C@H]1CCC([Si])CCN1C(=O)OC(C)(C)C. The summed E-state index contributed by atoms with van der Waals surface area (Å²) < 4.78 is 10.5. The molecule has 1 saturated heterocycles. The number of carbonyl (C=O) groups is 2. The van der Waals surface area contributed by atoms with Gasteiger partial charge in [-0.15, -0.1) is 0 Å². The minimum atomic E-state index is -0.573. The van der Waals surface area contributed by atoms with E-state index in [1.165, 1.54) is 4.90 Å². The molecular formula is C14H24NO4Si. The van der Waals surface area contributed by atoms with E-state index in [9.17, 15) is 9.59 Å². The Morgan fingerprint density at radius 3 is 2.45 bits per heavy atom. The summed E-state index contributed by atoms with van der Waals surface area (Å²) in [6.45, 7) is 8.01. The lowest BCUT2D eigenvalue weighted by molar-refractivity contribution is -0.149. The van der Waals surface area contributed by atoms with Gasteiger partial charge in [0.25, 0.3) is 0 Å². The lowest BCUT2D eigenvalue weighted by atomic mass is 10.1. The van der Waals surface area contributed by atoms with Crippen LogP contribution in [-0.4, -0.2) is 52.0 Å². The first-order valence-corrected chi connectivity index (χ1v) is 7.69. The van der Waals surface area contributed by atoms with Crippen LogP contribution in [0.15, 0.2) is 0 Å². The van der Waals surface area contributed by atoms with E-state index in [2.05, 4.69) is 10.2 Å². The third-order valence-electron chi connectivity index (χ3n) is 3.07. The van der Waals surface area contributed by atoms with Crippen molar-refractivity contribution < 1.29 is 19.1 Å². The van der Waals surface area contributed by atoms with Gasteiger partial charge in [0.05, 0.1) is 6.61 Å². The Hall–Kier alpha value is -1.04. The number of rotatable bonds is 2. The third-order valence-corrected chi connectivity index (χ3v) is 3.65. The van der Waals surface area contributed by atoms with Gasteiger partial charge in [-0.25, -0.2) is 9.59 Å². The van der Waals surface area contributed by atoms with Crippen LogP contribution in [0, 0.1) is 0 Å². The molecule has 2 atom stereocenters. The zero-order valence-corrected chi connectivity index (χ0v) is 13.8. The van der Waals surface area contributed by atoms with Gasteiger partial charge in [-0.1, -0.05) is 12.0 Å². The van der Waals surface area contributed by atoms with Gasteiger partial charge in [-0.3, -0.25) is 4.90 Å². The molecule has 20 heavy (non-hydrogen) atoms. The molecule has 1 aliphatic heterocycles. The Morgan fingerprint density at radius 1 is 1.25 bits per heavy atom. The highest BCUT2D eigenvalue weighted by Crippen LogP contribution is 2.26. The molecule has 0 bridgehead atoms. The van der Waals surface area contributed by atoms with Gasteiger partial charge in [-0.2, -0.15) is 0 Å². The van der Waals surface area contributed by atoms with Crippen molar-refractivity contribution in [3.63, 3.8) is 0 Å². The predicted molar refractivity (Wildman–Crippen MR) is 76.7 cm³/mol. The van der Waals surface area contributed by atoms with Crippen molar-refractivity contribution in [1.29, 1.82) is 0 Å². The molecule has 0 aliphatic carbocycles. The number of esters is 1. The van der Waals surface area contributed by atoms with Gasteiger partial charge in [0.2, 0.25) is 0 Å². The van der Waals surface area contributed by atoms with Crippen LogP contribution in [0.1, 0.15) is 47.0 Å². The Bertz CT molecular complexity index is 354. The predicted octanol–water partition coefficient (Wildman–Crippen LogP) is 2.30. The Morgan fingerprint density at radius 2 is 1.90 bits per heavy atom. The van der Waals surface area contributed by atoms with Gasteiger partial charge in [0, 0.05) is 16.8 Å². The molecule has 0 aromatic carbocycles. The third kappa shape index (κ3) is 5.15. The van der Waals surface area contributed by atoms with Crippen molar-refractivity contribution in [3.8, 4) is 0 Å². The van der Waals surface area contributed by atoms with E-state index in [-0.39, 0.29) is 5.97 Å². The Balaban J connectivity index is 2.84. The molecule has 0 saturated carbocycles. The van der Waals surface area contributed by atoms with Crippen LogP contribution in [-0.2, 0) is 14.3 Å². The zero-order chi connectivity index (χ0) is 15.3. The van der Waals surface area contributed by atoms with Crippen molar-refractivity contribution in [2.75, 3.05) is 13.2 Å². The van der Waals surface area contributed by atoms with Crippen LogP contribution in [0.2, 0.25) is 5.54 Å². The summed E-state index contributed by atoms with van der Waals surface area (Å²) in [5.74, 6) is -0.348. The second-order valence-corrected chi connectivity index (χ2v) is 6.82. The summed E-state index contributed by atoms with van der Waals surface area (Å²) in [5, 5.41) is 0. The van der Waals surface area contributed by atoms with Crippen molar-refractivity contribution in [2.45, 2.75) is 64.1 Å². The number of hydrogen-bond acceptors (Lipinski definition) is 4. The summed E-state index contributed by atoms with van der Waals surface area (Å²) >= 11 is 0. The van der Waals surface area contributed by atoms with E-state index in [1.807, 2.05) is 20.8 Å². The van der Waals surface area contributed by atoms with Gasteiger partial charge in [0.1, 0.15) is 11.6 Å². The summed E-state index contributed by atoms with van der Waals surface area (Å²) in [5.41, 5.74) is -0.268. The number of hydrogen-bond donors (Lipinski definition) is 0. The second-order valence-electron chi connectivity index (χ2n) is 6.00. The molecule has 0 aromatic heterocycles. The van der Waals surface area contributed by atoms with Crippen LogP contribution in [0.4, 0.5) is 4.79 Å². The van der Waals surface area contributed by atoms with Crippen LogP contribution < -0.4 is 0 Å². The molecule has 3 radical (unpaired) electrons. The standard InChI is InChI=1S/C14H24NO4Si/c1-5-18-12(16)11-7-6-10(20)8-9-15(11)13(17)19-14(2,3)4/h10-11H,5-9H2,1-4H3/t10?,11-/m1/s1. The summed E-state index contributed by atoms with van der Waals surface area (Å²) in [7, 11) is 3.61. The molecule has 0 N–H and O–H groups in total. The van der Waals surface area contributed by atoms with Gasteiger partial charge >= 0.3 is 12.1 Å². The lowest BCUT2D eigenvalue weighted by Crippen LogP contribution is -2.47. The van der Waals surface area contributed by atoms with Crippen LogP contribution in [0.5, 0.6) is 0 Å². The molecule has 1 heterocycles. The van der Waals surface area contributed by atoms with E-state index < -0.39 is 17.7 Å². The quantitative estimate of drug-likeness (QED) is 0.580. The first kappa shape index (κ1) is 17.0. The highest BCUT2D eigenvalue weighted by molar-refractivity contribution is 6.11. The molecule has 1 unspecified atom stereocenters. The van der Waals surface area contributed by atoms with Crippen molar-refractivity contribution >= 4 is 22.3 Å². The second kappa shape index (κ2) is 7.11. The highest BCUT2D eigenvalue weighted by Gasteiger charge is 2.35. The van der Waals surface area contributed by atoms with Crippen molar-refractivity contribution in [1.82, 2.24) is 4.90 Å². The maximum absolute atomic E-state index is 12.3. The first-order chi connectivity index (χ1) is 9.24. The van der Waals surface area contributed by atoms with Gasteiger partial charge in [0.15, 0.2) is 0 Å². The van der Waals surface area contributed by atoms with Crippen molar-refractivity contribution in [3.05, 3.63) is 0 Å². The minimum Gasteiger partial charge on any atom is -0.464 e. The Labute approximate surface area is 124 Å². The first-order valence-electron chi connectivity index (χ1n) is 7.12. The fourth-order valence-electron chi connectivity index (χ4n) is 2.13. The summed E-state index contributed by atoms with van der Waals surface area (Å²) in [4.78, 5) is 25.8. The molecule has 113 valence electrons. The van der Waals surface area contributed by atoms with E-state index in [0.29, 0.717) is 25.1 Å². The molecule has 1 fully saturated rings. The molecule has 1 rings (SSSR count). The van der Waals surface area contributed by atoms with E-state index in [4.69, 9.17) is 9.47 Å². The van der Waals surface area contributed by atoms with E-state index >= 15 is 0 Å². The maximum atomic E-state index is 12.3. The highest BCUT2D eigenvalue weighted by atomic mass is 28.1.